The molecule has 1 atom stereocenters. The molecule has 8 heteroatoms. The third-order valence-corrected chi connectivity index (χ3v) is 3.62. The quantitative estimate of drug-likeness (QED) is 0.412. The number of carbonyl (C=O) groups excluding carboxylic acids is 2. The molecule has 0 aromatic heterocycles. The summed E-state index contributed by atoms with van der Waals surface area (Å²) < 4.78 is 30.8. The van der Waals surface area contributed by atoms with Crippen LogP contribution in [0.4, 0.5) is 0 Å². The van der Waals surface area contributed by atoms with Crippen LogP contribution >= 0.6 is 0 Å². The summed E-state index contributed by atoms with van der Waals surface area (Å²) >= 11 is 0. The van der Waals surface area contributed by atoms with Crippen molar-refractivity contribution in [2.24, 2.45) is 5.73 Å². The zero-order valence-corrected chi connectivity index (χ0v) is 10.0. The number of likely N-dealkylation sites (N-methyl/N-ethyl adjacent to an activating group) is 1. The van der Waals surface area contributed by atoms with E-state index in [-0.39, 0.29) is 13.0 Å². The Morgan fingerprint density at radius 3 is 2.19 bits per heavy atom. The fraction of sp³-hybridized carbons (Fsp3) is 0.750. The van der Waals surface area contributed by atoms with E-state index in [1.54, 1.807) is 6.92 Å². The van der Waals surface area contributed by atoms with Crippen LogP contribution in [0.25, 0.3) is 0 Å². The Morgan fingerprint density at radius 1 is 1.38 bits per heavy atom. The van der Waals surface area contributed by atoms with Gasteiger partial charge in [-0.2, -0.15) is 8.42 Å². The first-order valence-corrected chi connectivity index (χ1v) is 6.19. The average molecular weight is 252 g/mol. The molecule has 0 saturated carbocycles. The number of nitrogens with one attached hydrogen (secondary N) is 1. The summed E-state index contributed by atoms with van der Waals surface area (Å²) in [7, 11) is -4.58. The van der Waals surface area contributed by atoms with Gasteiger partial charge in [0, 0.05) is 6.54 Å². The third-order valence-electron chi connectivity index (χ3n) is 2.16. The zero-order valence-electron chi connectivity index (χ0n) is 9.19. The third kappa shape index (κ3) is 3.54. The molecule has 1 unspecified atom stereocenters. The monoisotopic (exact) mass is 252 g/mol. The molecule has 16 heavy (non-hydrogen) atoms. The second-order valence-electron chi connectivity index (χ2n) is 3.35. The highest BCUT2D eigenvalue weighted by Crippen LogP contribution is 2.18. The summed E-state index contributed by atoms with van der Waals surface area (Å²) in [6.07, 6.45) is -0.912. The SMILES string of the molecule is CCNC(=O)C(=O)CC(N)(CC)S(=O)(=O)O. The van der Waals surface area contributed by atoms with Crippen molar-refractivity contribution < 1.29 is 22.6 Å². The van der Waals surface area contributed by atoms with Gasteiger partial charge in [-0.15, -0.1) is 0 Å². The minimum atomic E-state index is -4.58. The van der Waals surface area contributed by atoms with Crippen LogP contribution in [0.15, 0.2) is 0 Å². The number of nitrogens with two attached hydrogens (primary N) is 1. The van der Waals surface area contributed by atoms with Crippen LogP contribution in [-0.2, 0) is 19.7 Å². The lowest BCUT2D eigenvalue weighted by Gasteiger charge is -2.23. The summed E-state index contributed by atoms with van der Waals surface area (Å²) in [5.41, 5.74) is 5.37. The molecule has 0 saturated heterocycles. The van der Waals surface area contributed by atoms with Crippen molar-refractivity contribution in [3.8, 4) is 0 Å². The fourth-order valence-corrected chi connectivity index (χ4v) is 1.69. The first-order valence-electron chi connectivity index (χ1n) is 4.75. The van der Waals surface area contributed by atoms with Gasteiger partial charge in [0.05, 0.1) is 6.42 Å². The van der Waals surface area contributed by atoms with Gasteiger partial charge < -0.3 is 11.1 Å². The Morgan fingerprint density at radius 2 is 1.88 bits per heavy atom. The first-order chi connectivity index (χ1) is 7.18. The van der Waals surface area contributed by atoms with Crippen LogP contribution in [0.1, 0.15) is 26.7 Å². The zero-order chi connectivity index (χ0) is 13.0. The number of hydrogen-bond donors (Lipinski definition) is 3. The van der Waals surface area contributed by atoms with Crippen LogP contribution in [0.3, 0.4) is 0 Å². The number of carbonyl (C=O) groups is 2. The van der Waals surface area contributed by atoms with E-state index in [4.69, 9.17) is 10.3 Å². The maximum atomic E-state index is 11.3. The van der Waals surface area contributed by atoms with Gasteiger partial charge >= 0.3 is 0 Å². The Labute approximate surface area is 94.1 Å². The largest absolute Gasteiger partial charge is 0.350 e. The van der Waals surface area contributed by atoms with Crippen molar-refractivity contribution >= 4 is 21.8 Å². The van der Waals surface area contributed by atoms with Crippen LogP contribution in [0.2, 0.25) is 0 Å². The maximum Gasteiger partial charge on any atom is 0.287 e. The first kappa shape index (κ1) is 15.0. The second kappa shape index (κ2) is 5.37. The van der Waals surface area contributed by atoms with Crippen LogP contribution in [-0.4, -0.2) is 36.1 Å². The lowest BCUT2D eigenvalue weighted by molar-refractivity contribution is -0.138. The number of hydrogen-bond acceptors (Lipinski definition) is 5. The molecule has 0 aliphatic carbocycles. The lowest BCUT2D eigenvalue weighted by atomic mass is 10.1. The minimum Gasteiger partial charge on any atom is -0.350 e. The Balaban J connectivity index is 4.82. The van der Waals surface area contributed by atoms with Gasteiger partial charge in [0.15, 0.2) is 4.87 Å². The molecule has 0 aromatic rings. The standard InChI is InChI=1S/C8H16N2O5S/c1-3-8(9,16(13,14)15)5-6(11)7(12)10-4-2/h3-5,9H2,1-2H3,(H,10,12)(H,13,14,15). The molecule has 0 rings (SSSR count). The predicted octanol–water partition coefficient (Wildman–Crippen LogP) is -0.965. The van der Waals surface area contributed by atoms with Crippen LogP contribution in [0.5, 0.6) is 0 Å². The van der Waals surface area contributed by atoms with Gasteiger partial charge in [-0.25, -0.2) is 0 Å². The summed E-state index contributed by atoms with van der Waals surface area (Å²) in [5.74, 6) is -1.88. The normalized spacial score (nSPS) is 15.2. The van der Waals surface area contributed by atoms with Crippen molar-refractivity contribution in [1.82, 2.24) is 5.32 Å². The molecule has 0 radical (unpaired) electrons. The van der Waals surface area contributed by atoms with Gasteiger partial charge in [-0.3, -0.25) is 14.1 Å². The van der Waals surface area contributed by atoms with Gasteiger partial charge in [-0.1, -0.05) is 6.92 Å². The van der Waals surface area contributed by atoms with Gasteiger partial charge in [0.2, 0.25) is 5.78 Å². The molecule has 0 aliphatic heterocycles. The van der Waals surface area contributed by atoms with Crippen molar-refractivity contribution in [2.45, 2.75) is 31.6 Å². The highest BCUT2D eigenvalue weighted by atomic mass is 32.2. The summed E-state index contributed by atoms with van der Waals surface area (Å²) in [4.78, 5) is 20.3. The van der Waals surface area contributed by atoms with Gasteiger partial charge in [-0.05, 0) is 13.3 Å². The second-order valence-corrected chi connectivity index (χ2v) is 5.12. The topological polar surface area (TPSA) is 127 Å². The van der Waals surface area contributed by atoms with Crippen LogP contribution in [0, 0.1) is 0 Å². The van der Waals surface area contributed by atoms with E-state index in [0.717, 1.165) is 0 Å². The Bertz CT molecular complexity index is 378. The molecule has 0 aromatic carbocycles. The van der Waals surface area contributed by atoms with E-state index < -0.39 is 33.1 Å². The molecular weight excluding hydrogens is 236 g/mol. The van der Waals surface area contributed by atoms with E-state index in [1.165, 1.54) is 6.92 Å². The smallest absolute Gasteiger partial charge is 0.287 e. The molecule has 0 aliphatic rings. The maximum absolute atomic E-state index is 11.3. The highest BCUT2D eigenvalue weighted by Gasteiger charge is 2.40. The number of rotatable bonds is 6. The predicted molar refractivity (Wildman–Crippen MR) is 57.1 cm³/mol. The minimum absolute atomic E-state index is 0.170. The molecule has 94 valence electrons. The fourth-order valence-electron chi connectivity index (χ4n) is 1.01. The number of Topliss-reactive ketones (excluding diaryl/α,β-unsaturated/α-hetero) is 1. The molecular formula is C8H16N2O5S. The van der Waals surface area contributed by atoms with Crippen molar-refractivity contribution in [3.05, 3.63) is 0 Å². The molecule has 0 bridgehead atoms. The molecule has 0 heterocycles. The molecule has 0 spiro atoms. The van der Waals surface area contributed by atoms with Crippen molar-refractivity contribution in [2.75, 3.05) is 6.54 Å². The summed E-state index contributed by atoms with van der Waals surface area (Å²) in [6.45, 7) is 3.27. The lowest BCUT2D eigenvalue weighted by Crippen LogP contribution is -2.50. The Hall–Kier alpha value is -0.990. The summed E-state index contributed by atoms with van der Waals surface area (Å²) in [6, 6.07) is 0. The number of amides is 1. The average Bonchev–Trinajstić information content (AvgIpc) is 2.16. The van der Waals surface area contributed by atoms with Gasteiger partial charge in [0.25, 0.3) is 16.0 Å². The van der Waals surface area contributed by atoms with Crippen LogP contribution < -0.4 is 11.1 Å². The summed E-state index contributed by atoms with van der Waals surface area (Å²) in [5, 5.41) is 2.22. The van der Waals surface area contributed by atoms with E-state index >= 15 is 0 Å². The molecule has 0 fully saturated rings. The van der Waals surface area contributed by atoms with Crippen molar-refractivity contribution in [3.63, 3.8) is 0 Å². The van der Waals surface area contributed by atoms with Gasteiger partial charge in [0.1, 0.15) is 0 Å². The highest BCUT2D eigenvalue weighted by molar-refractivity contribution is 7.87. The van der Waals surface area contributed by atoms with Crippen molar-refractivity contribution in [1.29, 1.82) is 0 Å². The molecule has 4 N–H and O–H groups in total. The molecule has 1 amide bonds. The van der Waals surface area contributed by atoms with E-state index in [0.29, 0.717) is 0 Å². The van der Waals surface area contributed by atoms with E-state index in [2.05, 4.69) is 5.32 Å². The number of ketones is 1. The van der Waals surface area contributed by atoms with E-state index in [1.807, 2.05) is 0 Å². The van der Waals surface area contributed by atoms with E-state index in [9.17, 15) is 18.0 Å². The molecule has 7 nitrogen and oxygen atoms in total. The Kier molecular flexibility index (Phi) is 5.04.